The van der Waals surface area contributed by atoms with Crippen molar-refractivity contribution in [1.29, 1.82) is 0 Å². The molecule has 2 aromatic rings. The van der Waals surface area contributed by atoms with Gasteiger partial charge in [-0.05, 0) is 62.4 Å². The maximum atomic E-state index is 12.0. The number of benzene rings is 2. The molecule has 0 saturated carbocycles. The van der Waals surface area contributed by atoms with E-state index in [1.807, 2.05) is 0 Å². The molecule has 0 fully saturated rings. The van der Waals surface area contributed by atoms with Crippen LogP contribution in [0.3, 0.4) is 0 Å². The normalized spacial score (nSPS) is 10.0. The molecule has 8 heteroatoms. The average molecular weight is 398 g/mol. The fourth-order valence-electron chi connectivity index (χ4n) is 2.36. The van der Waals surface area contributed by atoms with Gasteiger partial charge in [0.1, 0.15) is 6.42 Å². The van der Waals surface area contributed by atoms with E-state index in [9.17, 15) is 19.2 Å². The van der Waals surface area contributed by atoms with Gasteiger partial charge in [0.2, 0.25) is 11.8 Å². The lowest BCUT2D eigenvalue weighted by Gasteiger charge is -2.08. The first-order valence-corrected chi connectivity index (χ1v) is 9.07. The Labute approximate surface area is 168 Å². The molecular formula is C21H22N2O6. The fraction of sp³-hybridized carbons (Fsp3) is 0.238. The lowest BCUT2D eigenvalue weighted by molar-refractivity contribution is -0.123. The van der Waals surface area contributed by atoms with Gasteiger partial charge in [-0.1, -0.05) is 0 Å². The molecule has 0 aromatic heterocycles. The van der Waals surface area contributed by atoms with E-state index in [-0.39, 0.29) is 19.6 Å². The molecule has 0 bridgehead atoms. The summed E-state index contributed by atoms with van der Waals surface area (Å²) >= 11 is 0. The van der Waals surface area contributed by atoms with Crippen molar-refractivity contribution in [2.45, 2.75) is 20.3 Å². The first kappa shape index (κ1) is 21.6. The predicted molar refractivity (Wildman–Crippen MR) is 107 cm³/mol. The van der Waals surface area contributed by atoms with E-state index >= 15 is 0 Å². The van der Waals surface area contributed by atoms with Gasteiger partial charge >= 0.3 is 11.9 Å². The lowest BCUT2D eigenvalue weighted by atomic mass is 10.2. The van der Waals surface area contributed by atoms with E-state index in [1.165, 1.54) is 24.3 Å². The average Bonchev–Trinajstić information content (AvgIpc) is 2.69. The summed E-state index contributed by atoms with van der Waals surface area (Å²) in [5, 5.41) is 5.16. The minimum atomic E-state index is -0.505. The highest BCUT2D eigenvalue weighted by Crippen LogP contribution is 2.13. The summed E-state index contributed by atoms with van der Waals surface area (Å²) in [6.45, 7) is 3.98. The molecule has 2 amide bonds. The zero-order valence-electron chi connectivity index (χ0n) is 16.2. The summed E-state index contributed by atoms with van der Waals surface area (Å²) in [5.74, 6) is -1.90. The van der Waals surface area contributed by atoms with E-state index in [1.54, 1.807) is 38.1 Å². The largest absolute Gasteiger partial charge is 0.462 e. The van der Waals surface area contributed by atoms with Crippen LogP contribution in [-0.2, 0) is 19.1 Å². The number of nitrogens with one attached hydrogen (secondary N) is 2. The third-order valence-corrected chi connectivity index (χ3v) is 3.68. The van der Waals surface area contributed by atoms with Crippen molar-refractivity contribution in [3.05, 3.63) is 59.7 Å². The Hall–Kier alpha value is -3.68. The Balaban J connectivity index is 1.85. The van der Waals surface area contributed by atoms with Crippen LogP contribution in [0.5, 0.6) is 0 Å². The van der Waals surface area contributed by atoms with Gasteiger partial charge in [0, 0.05) is 11.4 Å². The molecule has 2 rings (SSSR count). The minimum absolute atomic E-state index is 0.276. The van der Waals surface area contributed by atoms with Gasteiger partial charge < -0.3 is 20.1 Å². The quantitative estimate of drug-likeness (QED) is 0.522. The Morgan fingerprint density at radius 2 is 1.00 bits per heavy atom. The van der Waals surface area contributed by atoms with Gasteiger partial charge in [-0.3, -0.25) is 9.59 Å². The SMILES string of the molecule is CCOC(=O)c1ccc(NC(=O)CC(=O)Nc2ccc(C(=O)OCC)cc2)cc1. The molecule has 0 saturated heterocycles. The molecule has 2 N–H and O–H groups in total. The van der Waals surface area contributed by atoms with Crippen LogP contribution >= 0.6 is 0 Å². The number of anilines is 2. The van der Waals surface area contributed by atoms with Crippen LogP contribution in [0.1, 0.15) is 41.0 Å². The number of carbonyl (C=O) groups is 4. The molecule has 0 aliphatic heterocycles. The van der Waals surface area contributed by atoms with Crippen LogP contribution in [0, 0.1) is 0 Å². The Morgan fingerprint density at radius 1 is 0.655 bits per heavy atom. The zero-order chi connectivity index (χ0) is 21.2. The summed E-state index contributed by atoms with van der Waals surface area (Å²) in [5.41, 5.74) is 1.65. The molecule has 0 atom stereocenters. The minimum Gasteiger partial charge on any atom is -0.462 e. The van der Waals surface area contributed by atoms with Crippen molar-refractivity contribution in [3.63, 3.8) is 0 Å². The number of hydrogen-bond acceptors (Lipinski definition) is 6. The molecule has 0 unspecified atom stereocenters. The number of carbonyl (C=O) groups excluding carboxylic acids is 4. The summed E-state index contributed by atoms with van der Waals surface area (Å²) in [6, 6.07) is 12.3. The van der Waals surface area contributed by atoms with E-state index in [0.717, 1.165) is 0 Å². The van der Waals surface area contributed by atoms with Gasteiger partial charge in [-0.25, -0.2) is 9.59 Å². The number of esters is 2. The molecular weight excluding hydrogens is 376 g/mol. The van der Waals surface area contributed by atoms with Gasteiger partial charge in [-0.2, -0.15) is 0 Å². The van der Waals surface area contributed by atoms with E-state index in [0.29, 0.717) is 22.5 Å². The first-order valence-electron chi connectivity index (χ1n) is 9.07. The number of rotatable bonds is 8. The second kappa shape index (κ2) is 10.6. The summed E-state index contributed by atoms with van der Waals surface area (Å²) in [7, 11) is 0. The molecule has 0 aliphatic carbocycles. The third kappa shape index (κ3) is 6.76. The van der Waals surface area contributed by atoms with Crippen molar-refractivity contribution in [1.82, 2.24) is 0 Å². The number of ether oxygens (including phenoxy) is 2. The van der Waals surface area contributed by atoms with Gasteiger partial charge in [-0.15, -0.1) is 0 Å². The topological polar surface area (TPSA) is 111 Å². The van der Waals surface area contributed by atoms with E-state index in [2.05, 4.69) is 10.6 Å². The monoisotopic (exact) mass is 398 g/mol. The maximum absolute atomic E-state index is 12.0. The Morgan fingerprint density at radius 3 is 1.31 bits per heavy atom. The van der Waals surface area contributed by atoms with E-state index in [4.69, 9.17) is 9.47 Å². The van der Waals surface area contributed by atoms with Crippen molar-refractivity contribution < 1.29 is 28.7 Å². The van der Waals surface area contributed by atoms with Crippen molar-refractivity contribution in [3.8, 4) is 0 Å². The number of hydrogen-bond donors (Lipinski definition) is 2. The molecule has 0 aliphatic rings. The second-order valence-electron chi connectivity index (χ2n) is 5.87. The first-order chi connectivity index (χ1) is 13.9. The predicted octanol–water partition coefficient (Wildman–Crippen LogP) is 3.01. The Bertz CT molecular complexity index is 802. The van der Waals surface area contributed by atoms with Gasteiger partial charge in [0.15, 0.2) is 0 Å². The second-order valence-corrected chi connectivity index (χ2v) is 5.87. The Kier molecular flexibility index (Phi) is 7.90. The third-order valence-electron chi connectivity index (χ3n) is 3.68. The van der Waals surface area contributed by atoms with Crippen LogP contribution < -0.4 is 10.6 Å². The molecule has 0 heterocycles. The molecule has 2 aromatic carbocycles. The van der Waals surface area contributed by atoms with Crippen molar-refractivity contribution in [2.24, 2.45) is 0 Å². The van der Waals surface area contributed by atoms with Gasteiger partial charge in [0.25, 0.3) is 0 Å². The van der Waals surface area contributed by atoms with Crippen LogP contribution in [0.4, 0.5) is 11.4 Å². The molecule has 29 heavy (non-hydrogen) atoms. The highest BCUT2D eigenvalue weighted by Gasteiger charge is 2.12. The van der Waals surface area contributed by atoms with E-state index < -0.39 is 23.8 Å². The lowest BCUT2D eigenvalue weighted by Crippen LogP contribution is -2.21. The molecule has 8 nitrogen and oxygen atoms in total. The molecule has 0 spiro atoms. The van der Waals surface area contributed by atoms with Gasteiger partial charge in [0.05, 0.1) is 24.3 Å². The van der Waals surface area contributed by atoms with Crippen molar-refractivity contribution in [2.75, 3.05) is 23.8 Å². The summed E-state index contributed by atoms with van der Waals surface area (Å²) in [6.07, 6.45) is -0.390. The highest BCUT2D eigenvalue weighted by molar-refractivity contribution is 6.08. The van der Waals surface area contributed by atoms with Crippen LogP contribution in [0.2, 0.25) is 0 Å². The zero-order valence-corrected chi connectivity index (χ0v) is 16.2. The highest BCUT2D eigenvalue weighted by atomic mass is 16.5. The fourth-order valence-corrected chi connectivity index (χ4v) is 2.36. The molecule has 0 radical (unpaired) electrons. The van der Waals surface area contributed by atoms with Crippen LogP contribution in [0.25, 0.3) is 0 Å². The number of amides is 2. The van der Waals surface area contributed by atoms with Crippen molar-refractivity contribution >= 4 is 35.1 Å². The standard InChI is InChI=1S/C21H22N2O6/c1-3-28-20(26)14-5-9-16(10-6-14)22-18(24)13-19(25)23-17-11-7-15(8-12-17)21(27)29-4-2/h5-12H,3-4,13H2,1-2H3,(H,22,24)(H,23,25). The maximum Gasteiger partial charge on any atom is 0.338 e. The molecule has 152 valence electrons. The summed E-state index contributed by atoms with van der Waals surface area (Å²) in [4.78, 5) is 47.2. The van der Waals surface area contributed by atoms with Crippen LogP contribution in [-0.4, -0.2) is 37.0 Å². The summed E-state index contributed by atoms with van der Waals surface area (Å²) < 4.78 is 9.77. The van der Waals surface area contributed by atoms with Crippen LogP contribution in [0.15, 0.2) is 48.5 Å². The smallest absolute Gasteiger partial charge is 0.338 e.